The fourth-order valence-corrected chi connectivity index (χ4v) is 2.81. The number of nitrogens with one attached hydrogen (secondary N) is 2. The van der Waals surface area contributed by atoms with Crippen LogP contribution >= 0.6 is 27.5 Å². The fraction of sp³-hybridized carbons (Fsp3) is 0. The Morgan fingerprint density at radius 1 is 0.846 bits per heavy atom. The molecule has 2 amide bonds. The molecule has 0 bridgehead atoms. The highest BCUT2D eigenvalue weighted by molar-refractivity contribution is 9.10. The first-order valence-electron chi connectivity index (χ1n) is 7.76. The Hall–Kier alpha value is -2.63. The Bertz CT molecular complexity index is 944. The van der Waals surface area contributed by atoms with E-state index in [0.29, 0.717) is 27.5 Å². The number of halogens is 2. The van der Waals surface area contributed by atoms with Crippen molar-refractivity contribution in [1.82, 2.24) is 0 Å². The van der Waals surface area contributed by atoms with Gasteiger partial charge in [0.2, 0.25) is 0 Å². The summed E-state index contributed by atoms with van der Waals surface area (Å²) in [7, 11) is 0. The lowest BCUT2D eigenvalue weighted by Gasteiger charge is -2.12. The molecule has 0 saturated carbocycles. The van der Waals surface area contributed by atoms with Crippen LogP contribution in [0.1, 0.15) is 15.9 Å². The van der Waals surface area contributed by atoms with Crippen LogP contribution in [0.3, 0.4) is 0 Å². The number of hydrogen-bond donors (Lipinski definition) is 2. The highest BCUT2D eigenvalue weighted by Gasteiger charge is 2.16. The molecule has 0 unspecified atom stereocenters. The number of amides is 2. The summed E-state index contributed by atoms with van der Waals surface area (Å²) in [4.78, 5) is 25.0. The molecule has 26 heavy (non-hydrogen) atoms. The zero-order valence-corrected chi connectivity index (χ0v) is 15.8. The van der Waals surface area contributed by atoms with Crippen molar-refractivity contribution in [3.63, 3.8) is 0 Å². The second-order valence-corrected chi connectivity index (χ2v) is 6.82. The van der Waals surface area contributed by atoms with E-state index in [1.165, 1.54) is 0 Å². The number of ketones is 1. The summed E-state index contributed by atoms with van der Waals surface area (Å²) in [6.07, 6.45) is 0. The monoisotopic (exact) mass is 428 g/mol. The van der Waals surface area contributed by atoms with Gasteiger partial charge in [0.1, 0.15) is 0 Å². The molecular weight excluding hydrogens is 416 g/mol. The van der Waals surface area contributed by atoms with Crippen LogP contribution in [-0.4, -0.2) is 11.8 Å². The van der Waals surface area contributed by atoms with Gasteiger partial charge >= 0.3 is 6.03 Å². The van der Waals surface area contributed by atoms with E-state index in [1.807, 2.05) is 18.2 Å². The van der Waals surface area contributed by atoms with Crippen molar-refractivity contribution in [3.05, 3.63) is 93.4 Å². The fourth-order valence-electron chi connectivity index (χ4n) is 2.38. The van der Waals surface area contributed by atoms with E-state index in [9.17, 15) is 9.59 Å². The van der Waals surface area contributed by atoms with Crippen molar-refractivity contribution >= 4 is 50.7 Å². The first kappa shape index (κ1) is 18.2. The molecule has 0 spiro atoms. The molecule has 0 atom stereocenters. The molecule has 0 aromatic heterocycles. The maximum absolute atomic E-state index is 12.8. The van der Waals surface area contributed by atoms with Crippen molar-refractivity contribution < 1.29 is 9.59 Å². The molecule has 0 saturated heterocycles. The summed E-state index contributed by atoms with van der Waals surface area (Å²) in [5.41, 5.74) is 1.87. The molecular formula is C20H14BrClN2O2. The van der Waals surface area contributed by atoms with Crippen LogP contribution in [0.5, 0.6) is 0 Å². The Kier molecular flexibility index (Phi) is 5.71. The van der Waals surface area contributed by atoms with E-state index in [2.05, 4.69) is 26.6 Å². The van der Waals surface area contributed by atoms with Gasteiger partial charge < -0.3 is 10.6 Å². The molecule has 0 aliphatic carbocycles. The van der Waals surface area contributed by atoms with Crippen LogP contribution in [0.4, 0.5) is 16.2 Å². The standard InChI is InChI=1S/C20H14BrClN2O2/c21-14-6-9-16(10-7-14)23-20(26)24-18-11-8-15(22)12-17(18)19(25)13-4-2-1-3-5-13/h1-12H,(H2,23,24,26). The lowest BCUT2D eigenvalue weighted by atomic mass is 10.0. The molecule has 2 N–H and O–H groups in total. The van der Waals surface area contributed by atoms with E-state index < -0.39 is 6.03 Å². The van der Waals surface area contributed by atoms with Gasteiger partial charge in [0.15, 0.2) is 5.78 Å². The van der Waals surface area contributed by atoms with E-state index in [4.69, 9.17) is 11.6 Å². The molecule has 0 aliphatic rings. The Balaban J connectivity index is 1.82. The number of rotatable bonds is 4. The third-order valence-electron chi connectivity index (χ3n) is 3.61. The van der Waals surface area contributed by atoms with Crippen LogP contribution in [0.2, 0.25) is 5.02 Å². The minimum absolute atomic E-state index is 0.216. The van der Waals surface area contributed by atoms with Gasteiger partial charge in [-0.2, -0.15) is 0 Å². The smallest absolute Gasteiger partial charge is 0.308 e. The lowest BCUT2D eigenvalue weighted by molar-refractivity contribution is 0.103. The summed E-state index contributed by atoms with van der Waals surface area (Å²) in [5, 5.41) is 5.85. The average molecular weight is 430 g/mol. The predicted molar refractivity (Wildman–Crippen MR) is 108 cm³/mol. The molecule has 6 heteroatoms. The first-order chi connectivity index (χ1) is 12.5. The molecule has 0 radical (unpaired) electrons. The van der Waals surface area contributed by atoms with Gasteiger partial charge in [-0.05, 0) is 42.5 Å². The van der Waals surface area contributed by atoms with Crippen molar-refractivity contribution in [2.75, 3.05) is 10.6 Å². The lowest BCUT2D eigenvalue weighted by Crippen LogP contribution is -2.21. The summed E-state index contributed by atoms with van der Waals surface area (Å²) < 4.78 is 0.914. The van der Waals surface area contributed by atoms with Gasteiger partial charge in [0, 0.05) is 26.3 Å². The normalized spacial score (nSPS) is 10.2. The van der Waals surface area contributed by atoms with Crippen molar-refractivity contribution in [3.8, 4) is 0 Å². The maximum Gasteiger partial charge on any atom is 0.323 e. The molecule has 0 fully saturated rings. The minimum Gasteiger partial charge on any atom is -0.308 e. The van der Waals surface area contributed by atoms with Crippen molar-refractivity contribution in [2.24, 2.45) is 0 Å². The van der Waals surface area contributed by atoms with Crippen molar-refractivity contribution in [1.29, 1.82) is 0 Å². The number of carbonyl (C=O) groups is 2. The molecule has 3 aromatic rings. The maximum atomic E-state index is 12.8. The minimum atomic E-state index is -0.447. The van der Waals surface area contributed by atoms with Crippen LogP contribution in [0, 0.1) is 0 Å². The molecule has 3 rings (SSSR count). The largest absolute Gasteiger partial charge is 0.323 e. The highest BCUT2D eigenvalue weighted by atomic mass is 79.9. The van der Waals surface area contributed by atoms with E-state index in [-0.39, 0.29) is 5.78 Å². The summed E-state index contributed by atoms with van der Waals surface area (Å²) in [6.45, 7) is 0. The highest BCUT2D eigenvalue weighted by Crippen LogP contribution is 2.24. The summed E-state index contributed by atoms with van der Waals surface area (Å²) >= 11 is 9.39. The molecule has 130 valence electrons. The summed E-state index contributed by atoms with van der Waals surface area (Å²) in [6, 6.07) is 20.3. The zero-order valence-electron chi connectivity index (χ0n) is 13.5. The molecule has 0 heterocycles. The Morgan fingerprint density at radius 3 is 2.23 bits per heavy atom. The SMILES string of the molecule is O=C(Nc1ccc(Br)cc1)Nc1ccc(Cl)cc1C(=O)c1ccccc1. The average Bonchev–Trinajstić information content (AvgIpc) is 2.65. The molecule has 0 aliphatic heterocycles. The summed E-state index contributed by atoms with van der Waals surface area (Å²) in [5.74, 6) is -0.216. The molecule has 3 aromatic carbocycles. The number of urea groups is 1. The predicted octanol–water partition coefficient (Wildman–Crippen LogP) is 5.98. The van der Waals surface area contributed by atoms with Gasteiger partial charge in [0.05, 0.1) is 5.69 Å². The van der Waals surface area contributed by atoms with Gasteiger partial charge in [-0.1, -0.05) is 57.9 Å². The molecule has 4 nitrogen and oxygen atoms in total. The van der Waals surface area contributed by atoms with Gasteiger partial charge in [-0.15, -0.1) is 0 Å². The second kappa shape index (κ2) is 8.17. The van der Waals surface area contributed by atoms with Crippen LogP contribution in [0.15, 0.2) is 77.3 Å². The Labute approximate surface area is 164 Å². The van der Waals surface area contributed by atoms with Crippen LogP contribution in [0.25, 0.3) is 0 Å². The third kappa shape index (κ3) is 4.50. The number of hydrogen-bond acceptors (Lipinski definition) is 2. The van der Waals surface area contributed by atoms with Crippen LogP contribution in [-0.2, 0) is 0 Å². The zero-order chi connectivity index (χ0) is 18.5. The topological polar surface area (TPSA) is 58.2 Å². The second-order valence-electron chi connectivity index (χ2n) is 5.47. The third-order valence-corrected chi connectivity index (χ3v) is 4.38. The van der Waals surface area contributed by atoms with E-state index in [1.54, 1.807) is 54.6 Å². The van der Waals surface area contributed by atoms with E-state index in [0.717, 1.165) is 4.47 Å². The number of benzene rings is 3. The first-order valence-corrected chi connectivity index (χ1v) is 8.93. The van der Waals surface area contributed by atoms with Crippen LogP contribution < -0.4 is 10.6 Å². The van der Waals surface area contributed by atoms with Gasteiger partial charge in [-0.25, -0.2) is 4.79 Å². The van der Waals surface area contributed by atoms with Crippen molar-refractivity contribution in [2.45, 2.75) is 0 Å². The number of carbonyl (C=O) groups excluding carboxylic acids is 2. The van der Waals surface area contributed by atoms with E-state index >= 15 is 0 Å². The Morgan fingerprint density at radius 2 is 1.54 bits per heavy atom. The quantitative estimate of drug-likeness (QED) is 0.501. The van der Waals surface area contributed by atoms with Gasteiger partial charge in [-0.3, -0.25) is 4.79 Å². The van der Waals surface area contributed by atoms with Gasteiger partial charge in [0.25, 0.3) is 0 Å². The number of anilines is 2.